The van der Waals surface area contributed by atoms with Gasteiger partial charge in [0.15, 0.2) is 0 Å². The van der Waals surface area contributed by atoms with E-state index in [0.29, 0.717) is 50.5 Å². The van der Waals surface area contributed by atoms with Gasteiger partial charge in [-0.15, -0.1) is 0 Å². The summed E-state index contributed by atoms with van der Waals surface area (Å²) in [6.07, 6.45) is 2.91. The first-order valence-corrected chi connectivity index (χ1v) is 12.7. The topological polar surface area (TPSA) is 66.9 Å². The number of piperidine rings is 1. The highest BCUT2D eigenvalue weighted by molar-refractivity contribution is 7.89. The van der Waals surface area contributed by atoms with Crippen LogP contribution in [0.2, 0.25) is 0 Å². The summed E-state index contributed by atoms with van der Waals surface area (Å²) in [6, 6.07) is 17.2. The summed E-state index contributed by atoms with van der Waals surface area (Å²) in [5.74, 6) is -0.0319. The largest absolute Gasteiger partial charge is 0.383 e. The fourth-order valence-corrected chi connectivity index (χ4v) is 5.58. The van der Waals surface area contributed by atoms with Gasteiger partial charge >= 0.3 is 0 Å². The molecule has 7 heteroatoms. The zero-order valence-electron chi connectivity index (χ0n) is 19.1. The Morgan fingerprint density at radius 1 is 1.03 bits per heavy atom. The second-order valence-electron chi connectivity index (χ2n) is 8.40. The number of carbonyl (C=O) groups is 1. The summed E-state index contributed by atoms with van der Waals surface area (Å²) in [7, 11) is -1.88. The Labute approximate surface area is 192 Å². The van der Waals surface area contributed by atoms with Crippen molar-refractivity contribution in [2.24, 2.45) is 5.92 Å². The predicted octanol–water partition coefficient (Wildman–Crippen LogP) is 3.50. The average molecular weight is 459 g/mol. The highest BCUT2D eigenvalue weighted by Crippen LogP contribution is 2.25. The summed E-state index contributed by atoms with van der Waals surface area (Å²) in [5.41, 5.74) is 2.29. The minimum absolute atomic E-state index is 0.113. The van der Waals surface area contributed by atoms with E-state index in [1.54, 1.807) is 19.2 Å². The smallest absolute Gasteiger partial charge is 0.243 e. The van der Waals surface area contributed by atoms with E-state index in [9.17, 15) is 13.2 Å². The number of aryl methyl sites for hydroxylation is 2. The van der Waals surface area contributed by atoms with Crippen molar-refractivity contribution in [2.75, 3.05) is 39.9 Å². The van der Waals surface area contributed by atoms with E-state index in [0.717, 1.165) is 18.4 Å². The molecule has 1 aliphatic heterocycles. The second kappa shape index (κ2) is 11.6. The van der Waals surface area contributed by atoms with E-state index >= 15 is 0 Å². The lowest BCUT2D eigenvalue weighted by Gasteiger charge is -2.33. The van der Waals surface area contributed by atoms with Crippen molar-refractivity contribution in [1.29, 1.82) is 0 Å². The van der Waals surface area contributed by atoms with Gasteiger partial charge in [-0.2, -0.15) is 4.31 Å². The van der Waals surface area contributed by atoms with Crippen LogP contribution in [0.5, 0.6) is 0 Å². The molecule has 0 radical (unpaired) electrons. The maximum Gasteiger partial charge on any atom is 0.243 e. The maximum absolute atomic E-state index is 13.2. The molecule has 0 aliphatic carbocycles. The van der Waals surface area contributed by atoms with Crippen molar-refractivity contribution >= 4 is 15.9 Å². The molecule has 0 atom stereocenters. The third kappa shape index (κ3) is 6.40. The monoisotopic (exact) mass is 458 g/mol. The molecule has 0 saturated carbocycles. The zero-order chi connectivity index (χ0) is 23.0. The van der Waals surface area contributed by atoms with Crippen LogP contribution in [0.15, 0.2) is 59.5 Å². The van der Waals surface area contributed by atoms with Crippen molar-refractivity contribution in [3.63, 3.8) is 0 Å². The zero-order valence-corrected chi connectivity index (χ0v) is 19.9. The molecule has 1 fully saturated rings. The minimum Gasteiger partial charge on any atom is -0.383 e. The Morgan fingerprint density at radius 2 is 1.69 bits per heavy atom. The van der Waals surface area contributed by atoms with Crippen molar-refractivity contribution < 1.29 is 17.9 Å². The van der Waals surface area contributed by atoms with Gasteiger partial charge < -0.3 is 9.64 Å². The molecule has 3 rings (SSSR count). The number of amides is 1. The van der Waals surface area contributed by atoms with Crippen LogP contribution >= 0.6 is 0 Å². The first-order valence-electron chi connectivity index (χ1n) is 11.3. The van der Waals surface area contributed by atoms with Gasteiger partial charge in [-0.1, -0.05) is 48.0 Å². The minimum atomic E-state index is -3.52. The number of benzene rings is 2. The molecule has 0 spiro atoms. The first-order chi connectivity index (χ1) is 15.4. The number of hydrogen-bond donors (Lipinski definition) is 0. The summed E-state index contributed by atoms with van der Waals surface area (Å²) < 4.78 is 32.6. The fraction of sp³-hybridized carbons (Fsp3) is 0.480. The molecule has 0 aromatic heterocycles. The fourth-order valence-electron chi connectivity index (χ4n) is 4.11. The van der Waals surface area contributed by atoms with Gasteiger partial charge in [-0.25, -0.2) is 8.42 Å². The molecular weight excluding hydrogens is 424 g/mol. The molecule has 32 heavy (non-hydrogen) atoms. The molecule has 1 saturated heterocycles. The predicted molar refractivity (Wildman–Crippen MR) is 126 cm³/mol. The lowest BCUT2D eigenvalue weighted by atomic mass is 9.96. The molecule has 2 aromatic rings. The van der Waals surface area contributed by atoms with Crippen LogP contribution in [-0.2, 0) is 26.0 Å². The van der Waals surface area contributed by atoms with Crippen LogP contribution < -0.4 is 0 Å². The standard InChI is InChI=1S/C25H34N2O4S/c1-21-10-12-24(13-11-21)32(29,30)27-17-14-23(15-18-27)25(28)26(19-20-31-2)16-6-9-22-7-4-3-5-8-22/h3-5,7-8,10-13,23H,6,9,14-20H2,1-2H3. The highest BCUT2D eigenvalue weighted by atomic mass is 32.2. The van der Waals surface area contributed by atoms with E-state index < -0.39 is 10.0 Å². The van der Waals surface area contributed by atoms with E-state index in [1.807, 2.05) is 42.2 Å². The summed E-state index contributed by atoms with van der Waals surface area (Å²) in [5, 5.41) is 0. The Morgan fingerprint density at radius 3 is 2.31 bits per heavy atom. The maximum atomic E-state index is 13.2. The molecule has 0 unspecified atom stereocenters. The number of methoxy groups -OCH3 is 1. The molecule has 174 valence electrons. The van der Waals surface area contributed by atoms with Crippen molar-refractivity contribution in [3.05, 3.63) is 65.7 Å². The lowest BCUT2D eigenvalue weighted by molar-refractivity contribution is -0.137. The summed E-state index contributed by atoms with van der Waals surface area (Å²) >= 11 is 0. The lowest BCUT2D eigenvalue weighted by Crippen LogP contribution is -2.45. The quantitative estimate of drug-likeness (QED) is 0.547. The summed E-state index contributed by atoms with van der Waals surface area (Å²) in [6.45, 7) is 4.41. The van der Waals surface area contributed by atoms with Crippen molar-refractivity contribution in [3.8, 4) is 0 Å². The van der Waals surface area contributed by atoms with Gasteiger partial charge in [-0.05, 0) is 50.3 Å². The highest BCUT2D eigenvalue weighted by Gasteiger charge is 2.33. The Hall–Kier alpha value is -2.22. The van der Waals surface area contributed by atoms with Crippen LogP contribution in [-0.4, -0.2) is 63.4 Å². The van der Waals surface area contributed by atoms with E-state index in [-0.39, 0.29) is 11.8 Å². The Bertz CT molecular complexity index is 953. The number of hydrogen-bond acceptors (Lipinski definition) is 4. The van der Waals surface area contributed by atoms with Crippen LogP contribution in [0.4, 0.5) is 0 Å². The third-order valence-electron chi connectivity index (χ3n) is 6.08. The number of ether oxygens (including phenoxy) is 1. The number of rotatable bonds is 10. The van der Waals surface area contributed by atoms with Crippen LogP contribution in [0.25, 0.3) is 0 Å². The van der Waals surface area contributed by atoms with Gasteiger partial charge in [0.05, 0.1) is 11.5 Å². The second-order valence-corrected chi connectivity index (χ2v) is 10.3. The molecule has 6 nitrogen and oxygen atoms in total. The van der Waals surface area contributed by atoms with Crippen molar-refractivity contribution in [1.82, 2.24) is 9.21 Å². The van der Waals surface area contributed by atoms with Crippen LogP contribution in [0, 0.1) is 12.8 Å². The Kier molecular flexibility index (Phi) is 8.84. The van der Waals surface area contributed by atoms with Crippen LogP contribution in [0.3, 0.4) is 0 Å². The molecule has 2 aromatic carbocycles. The van der Waals surface area contributed by atoms with Crippen LogP contribution in [0.1, 0.15) is 30.4 Å². The first kappa shape index (κ1) is 24.4. The molecule has 1 heterocycles. The van der Waals surface area contributed by atoms with Gasteiger partial charge in [0, 0.05) is 39.2 Å². The Balaban J connectivity index is 1.56. The van der Waals surface area contributed by atoms with Gasteiger partial charge in [0.25, 0.3) is 0 Å². The number of sulfonamides is 1. The van der Waals surface area contributed by atoms with Gasteiger partial charge in [-0.3, -0.25) is 4.79 Å². The molecular formula is C25H34N2O4S. The van der Waals surface area contributed by atoms with E-state index in [1.165, 1.54) is 9.87 Å². The molecule has 0 N–H and O–H groups in total. The molecule has 1 amide bonds. The van der Waals surface area contributed by atoms with Gasteiger partial charge in [0.1, 0.15) is 0 Å². The van der Waals surface area contributed by atoms with Gasteiger partial charge in [0.2, 0.25) is 15.9 Å². The third-order valence-corrected chi connectivity index (χ3v) is 7.99. The molecule has 1 aliphatic rings. The van der Waals surface area contributed by atoms with Crippen molar-refractivity contribution in [2.45, 2.75) is 37.5 Å². The average Bonchev–Trinajstić information content (AvgIpc) is 2.82. The summed E-state index contributed by atoms with van der Waals surface area (Å²) in [4.78, 5) is 15.4. The normalized spacial score (nSPS) is 15.6. The SMILES string of the molecule is COCCN(CCCc1ccccc1)C(=O)C1CCN(S(=O)(=O)c2ccc(C)cc2)CC1. The number of carbonyl (C=O) groups excluding carboxylic acids is 1. The number of nitrogens with zero attached hydrogens (tertiary/aromatic N) is 2. The molecule has 0 bridgehead atoms. The van der Waals surface area contributed by atoms with E-state index in [2.05, 4.69) is 12.1 Å². The van der Waals surface area contributed by atoms with E-state index in [4.69, 9.17) is 4.74 Å².